The minimum atomic E-state index is -0.201. The van der Waals surface area contributed by atoms with Crippen molar-refractivity contribution >= 4 is 5.91 Å². The lowest BCUT2D eigenvalue weighted by atomic mass is 10.0. The fourth-order valence-corrected chi connectivity index (χ4v) is 1.62. The molecule has 5 heteroatoms. The van der Waals surface area contributed by atoms with Gasteiger partial charge in [-0.25, -0.2) is 5.84 Å². The molecule has 2 atom stereocenters. The average molecular weight is 210 g/mol. The van der Waals surface area contributed by atoms with Crippen LogP contribution in [-0.2, 0) is 4.79 Å². The van der Waals surface area contributed by atoms with Gasteiger partial charge in [-0.05, 0) is 26.8 Å². The molecular weight excluding hydrogens is 192 g/mol. The van der Waals surface area contributed by atoms with Gasteiger partial charge in [0, 0.05) is 5.69 Å². The number of nitrogens with zero attached hydrogens (tertiary/aromatic N) is 2. The molecule has 2 unspecified atom stereocenters. The molecule has 0 aliphatic carbocycles. The number of aromatic nitrogens is 2. The number of hydrazine groups is 1. The molecule has 0 spiro atoms. The number of hydrogen-bond acceptors (Lipinski definition) is 3. The lowest BCUT2D eigenvalue weighted by Crippen LogP contribution is -2.38. The Hall–Kier alpha value is -1.36. The van der Waals surface area contributed by atoms with Gasteiger partial charge in [0.15, 0.2) is 0 Å². The molecule has 0 aliphatic rings. The van der Waals surface area contributed by atoms with Gasteiger partial charge in [0.25, 0.3) is 0 Å². The van der Waals surface area contributed by atoms with Crippen molar-refractivity contribution in [2.24, 2.45) is 11.8 Å². The van der Waals surface area contributed by atoms with Crippen molar-refractivity contribution < 1.29 is 4.79 Å². The van der Waals surface area contributed by atoms with E-state index in [2.05, 4.69) is 10.5 Å². The van der Waals surface area contributed by atoms with E-state index in [-0.39, 0.29) is 17.9 Å². The Morgan fingerprint density at radius 1 is 1.53 bits per heavy atom. The van der Waals surface area contributed by atoms with Gasteiger partial charge in [0.2, 0.25) is 5.91 Å². The number of carbonyl (C=O) groups excluding carboxylic acids is 1. The Kier molecular flexibility index (Phi) is 3.47. The van der Waals surface area contributed by atoms with Crippen LogP contribution >= 0.6 is 0 Å². The second-order valence-corrected chi connectivity index (χ2v) is 3.91. The van der Waals surface area contributed by atoms with Crippen molar-refractivity contribution in [3.05, 3.63) is 17.5 Å². The molecule has 1 aromatic rings. The maximum atomic E-state index is 11.4. The van der Waals surface area contributed by atoms with Gasteiger partial charge in [-0.2, -0.15) is 5.10 Å². The molecule has 0 fully saturated rings. The summed E-state index contributed by atoms with van der Waals surface area (Å²) in [6.45, 7) is 7.70. The molecule has 0 aliphatic heterocycles. The van der Waals surface area contributed by atoms with E-state index in [1.165, 1.54) is 0 Å². The number of carbonyl (C=O) groups is 1. The molecule has 84 valence electrons. The second kappa shape index (κ2) is 4.44. The third-order valence-corrected chi connectivity index (χ3v) is 2.71. The summed E-state index contributed by atoms with van der Waals surface area (Å²) >= 11 is 0. The Bertz CT molecular complexity index is 358. The number of hydrogen-bond donors (Lipinski definition) is 2. The first kappa shape index (κ1) is 11.7. The highest BCUT2D eigenvalue weighted by molar-refractivity contribution is 5.78. The van der Waals surface area contributed by atoms with E-state index >= 15 is 0 Å². The molecule has 0 saturated carbocycles. The Labute approximate surface area is 89.6 Å². The van der Waals surface area contributed by atoms with E-state index < -0.39 is 0 Å². The zero-order valence-corrected chi connectivity index (χ0v) is 9.61. The second-order valence-electron chi connectivity index (χ2n) is 3.91. The van der Waals surface area contributed by atoms with Crippen molar-refractivity contribution in [1.82, 2.24) is 15.2 Å². The van der Waals surface area contributed by atoms with Crippen LogP contribution in [0.15, 0.2) is 6.07 Å². The van der Waals surface area contributed by atoms with Crippen LogP contribution in [0.25, 0.3) is 0 Å². The lowest BCUT2D eigenvalue weighted by molar-refractivity contribution is -0.125. The Balaban J connectivity index is 2.89. The molecule has 0 aromatic carbocycles. The average Bonchev–Trinajstić information content (AvgIpc) is 2.54. The molecular formula is C10H18N4O. The van der Waals surface area contributed by atoms with E-state index in [1.807, 2.05) is 38.4 Å². The van der Waals surface area contributed by atoms with Gasteiger partial charge in [0.1, 0.15) is 0 Å². The lowest BCUT2D eigenvalue weighted by Gasteiger charge is -2.20. The highest BCUT2D eigenvalue weighted by Crippen LogP contribution is 2.19. The van der Waals surface area contributed by atoms with Crippen molar-refractivity contribution in [1.29, 1.82) is 0 Å². The van der Waals surface area contributed by atoms with Crippen LogP contribution in [-0.4, -0.2) is 15.7 Å². The third-order valence-electron chi connectivity index (χ3n) is 2.71. The summed E-state index contributed by atoms with van der Waals surface area (Å²) in [5, 5.41) is 4.34. The SMILES string of the molecule is Cc1cc(C)n(C(C)C(C)C(=O)NN)n1. The normalized spacial score (nSPS) is 14.7. The standard InChI is InChI=1S/C10H18N4O/c1-6-5-7(2)14(13-6)9(4)8(3)10(15)12-11/h5,8-9H,11H2,1-4H3,(H,12,15). The van der Waals surface area contributed by atoms with Gasteiger partial charge < -0.3 is 0 Å². The molecule has 1 aromatic heterocycles. The van der Waals surface area contributed by atoms with Gasteiger partial charge in [-0.15, -0.1) is 0 Å². The highest BCUT2D eigenvalue weighted by atomic mass is 16.2. The third kappa shape index (κ3) is 2.36. The van der Waals surface area contributed by atoms with Crippen molar-refractivity contribution in [2.75, 3.05) is 0 Å². The van der Waals surface area contributed by atoms with E-state index in [0.717, 1.165) is 11.4 Å². The Morgan fingerprint density at radius 2 is 2.13 bits per heavy atom. The maximum Gasteiger partial charge on any atom is 0.238 e. The maximum absolute atomic E-state index is 11.4. The van der Waals surface area contributed by atoms with Gasteiger partial charge >= 0.3 is 0 Å². The number of nitrogens with two attached hydrogens (primary N) is 1. The van der Waals surface area contributed by atoms with Crippen LogP contribution in [0.3, 0.4) is 0 Å². The van der Waals surface area contributed by atoms with E-state index in [9.17, 15) is 4.79 Å². The summed E-state index contributed by atoms with van der Waals surface area (Å²) in [4.78, 5) is 11.4. The van der Waals surface area contributed by atoms with E-state index in [1.54, 1.807) is 0 Å². The fraction of sp³-hybridized carbons (Fsp3) is 0.600. The van der Waals surface area contributed by atoms with Gasteiger partial charge in [-0.1, -0.05) is 6.92 Å². The zero-order chi connectivity index (χ0) is 11.6. The molecule has 0 saturated heterocycles. The van der Waals surface area contributed by atoms with E-state index in [4.69, 9.17) is 5.84 Å². The van der Waals surface area contributed by atoms with Crippen molar-refractivity contribution in [3.8, 4) is 0 Å². The highest BCUT2D eigenvalue weighted by Gasteiger charge is 2.22. The van der Waals surface area contributed by atoms with Crippen LogP contribution in [0.1, 0.15) is 31.3 Å². The molecule has 1 amide bonds. The minimum absolute atomic E-state index is 0.00208. The first-order chi connectivity index (χ1) is 6.97. The summed E-state index contributed by atoms with van der Waals surface area (Å²) in [7, 11) is 0. The van der Waals surface area contributed by atoms with Gasteiger partial charge in [-0.3, -0.25) is 14.9 Å². The quantitative estimate of drug-likeness (QED) is 0.438. The predicted molar refractivity (Wildman–Crippen MR) is 57.9 cm³/mol. The number of rotatable bonds is 3. The first-order valence-electron chi connectivity index (χ1n) is 5.00. The number of aryl methyl sites for hydroxylation is 2. The molecule has 3 N–H and O–H groups in total. The van der Waals surface area contributed by atoms with E-state index in [0.29, 0.717) is 0 Å². The monoisotopic (exact) mass is 210 g/mol. The van der Waals surface area contributed by atoms with Crippen molar-refractivity contribution in [3.63, 3.8) is 0 Å². The van der Waals surface area contributed by atoms with Crippen LogP contribution in [0, 0.1) is 19.8 Å². The van der Waals surface area contributed by atoms with Crippen LogP contribution < -0.4 is 11.3 Å². The topological polar surface area (TPSA) is 72.9 Å². The molecule has 0 bridgehead atoms. The number of nitrogens with one attached hydrogen (secondary N) is 1. The number of amides is 1. The Morgan fingerprint density at radius 3 is 2.53 bits per heavy atom. The molecule has 1 rings (SSSR count). The summed E-state index contributed by atoms with van der Waals surface area (Å²) in [6.07, 6.45) is 0. The smallest absolute Gasteiger partial charge is 0.238 e. The van der Waals surface area contributed by atoms with Crippen LogP contribution in [0.2, 0.25) is 0 Å². The zero-order valence-electron chi connectivity index (χ0n) is 9.61. The predicted octanol–water partition coefficient (Wildman–Crippen LogP) is 0.687. The summed E-state index contributed by atoms with van der Waals surface area (Å²) < 4.78 is 1.86. The molecule has 0 radical (unpaired) electrons. The largest absolute Gasteiger partial charge is 0.294 e. The minimum Gasteiger partial charge on any atom is -0.294 e. The van der Waals surface area contributed by atoms with Crippen LogP contribution in [0.4, 0.5) is 0 Å². The molecule has 15 heavy (non-hydrogen) atoms. The van der Waals surface area contributed by atoms with Gasteiger partial charge in [0.05, 0.1) is 17.7 Å². The molecule has 1 heterocycles. The summed E-state index contributed by atoms with van der Waals surface area (Å²) in [6, 6.07) is 1.99. The summed E-state index contributed by atoms with van der Waals surface area (Å²) in [5.41, 5.74) is 4.17. The summed E-state index contributed by atoms with van der Waals surface area (Å²) in [5.74, 6) is 4.73. The van der Waals surface area contributed by atoms with Crippen molar-refractivity contribution in [2.45, 2.75) is 33.7 Å². The fourth-order valence-electron chi connectivity index (χ4n) is 1.62. The van der Waals surface area contributed by atoms with Crippen LogP contribution in [0.5, 0.6) is 0 Å². The molecule has 5 nitrogen and oxygen atoms in total. The first-order valence-corrected chi connectivity index (χ1v) is 5.00.